The highest BCUT2D eigenvalue weighted by molar-refractivity contribution is 6.29. The largest absolute Gasteiger partial charge is 0.480 e. The first-order valence-electron chi connectivity index (χ1n) is 5.38. The number of carboxylic acids is 1. The van der Waals surface area contributed by atoms with E-state index < -0.39 is 11.9 Å². The number of hydrogen-bond donors (Lipinski definition) is 1. The molecule has 0 atom stereocenters. The zero-order chi connectivity index (χ0) is 13.7. The molecule has 1 amide bonds. The summed E-state index contributed by atoms with van der Waals surface area (Å²) in [7, 11) is 0. The van der Waals surface area contributed by atoms with E-state index in [4.69, 9.17) is 16.7 Å². The molecule has 18 heavy (non-hydrogen) atoms. The Morgan fingerprint density at radius 1 is 1.44 bits per heavy atom. The summed E-state index contributed by atoms with van der Waals surface area (Å²) in [5, 5.41) is 8.89. The number of carboxylic acid groups (broad SMARTS) is 1. The van der Waals surface area contributed by atoms with Crippen LogP contribution in [0.1, 0.15) is 24.3 Å². The second-order valence-electron chi connectivity index (χ2n) is 4.20. The van der Waals surface area contributed by atoms with Gasteiger partial charge >= 0.3 is 5.97 Å². The summed E-state index contributed by atoms with van der Waals surface area (Å²) in [6, 6.07) is 0. The van der Waals surface area contributed by atoms with E-state index in [2.05, 4.69) is 9.97 Å². The van der Waals surface area contributed by atoms with Crippen LogP contribution in [-0.4, -0.2) is 44.9 Å². The van der Waals surface area contributed by atoms with Crippen molar-refractivity contribution in [3.63, 3.8) is 0 Å². The van der Waals surface area contributed by atoms with E-state index in [-0.39, 0.29) is 23.3 Å². The third-order valence-electron chi connectivity index (χ3n) is 2.02. The molecule has 0 spiro atoms. The maximum Gasteiger partial charge on any atom is 0.323 e. The molecule has 1 N–H and O–H groups in total. The van der Waals surface area contributed by atoms with Crippen LogP contribution in [0, 0.1) is 5.92 Å². The summed E-state index contributed by atoms with van der Waals surface area (Å²) in [5.41, 5.74) is 0.0457. The van der Waals surface area contributed by atoms with Gasteiger partial charge in [0.15, 0.2) is 0 Å². The zero-order valence-corrected chi connectivity index (χ0v) is 10.9. The van der Waals surface area contributed by atoms with Crippen LogP contribution >= 0.6 is 11.6 Å². The molecule has 98 valence electrons. The van der Waals surface area contributed by atoms with Crippen molar-refractivity contribution >= 4 is 23.5 Å². The molecule has 0 aliphatic carbocycles. The molecule has 0 unspecified atom stereocenters. The molecule has 0 bridgehead atoms. The van der Waals surface area contributed by atoms with Gasteiger partial charge in [0.25, 0.3) is 5.91 Å². The van der Waals surface area contributed by atoms with E-state index in [0.717, 1.165) is 0 Å². The van der Waals surface area contributed by atoms with Crippen molar-refractivity contribution in [1.82, 2.24) is 14.9 Å². The first-order chi connectivity index (χ1) is 8.40. The third-order valence-corrected chi connectivity index (χ3v) is 2.21. The van der Waals surface area contributed by atoms with Gasteiger partial charge in [0.05, 0.1) is 12.4 Å². The Morgan fingerprint density at radius 3 is 2.61 bits per heavy atom. The van der Waals surface area contributed by atoms with Gasteiger partial charge in [0.2, 0.25) is 0 Å². The summed E-state index contributed by atoms with van der Waals surface area (Å²) in [6.07, 6.45) is 2.58. The Balaban J connectivity index is 2.90. The fourth-order valence-electron chi connectivity index (χ4n) is 1.43. The van der Waals surface area contributed by atoms with Crippen LogP contribution < -0.4 is 0 Å². The highest BCUT2D eigenvalue weighted by Gasteiger charge is 2.21. The van der Waals surface area contributed by atoms with Crippen molar-refractivity contribution in [2.45, 2.75) is 13.8 Å². The first kappa shape index (κ1) is 14.4. The van der Waals surface area contributed by atoms with Crippen LogP contribution in [0.5, 0.6) is 0 Å². The minimum Gasteiger partial charge on any atom is -0.480 e. The van der Waals surface area contributed by atoms with E-state index in [1.807, 2.05) is 13.8 Å². The van der Waals surface area contributed by atoms with E-state index in [1.54, 1.807) is 0 Å². The van der Waals surface area contributed by atoms with Gasteiger partial charge < -0.3 is 10.0 Å². The molecule has 0 saturated heterocycles. The third kappa shape index (κ3) is 4.29. The van der Waals surface area contributed by atoms with Crippen molar-refractivity contribution in [3.8, 4) is 0 Å². The molecule has 0 aromatic carbocycles. The fourth-order valence-corrected chi connectivity index (χ4v) is 1.58. The highest BCUT2D eigenvalue weighted by Crippen LogP contribution is 2.08. The number of hydrogen-bond acceptors (Lipinski definition) is 4. The first-order valence-corrected chi connectivity index (χ1v) is 5.76. The Bertz CT molecular complexity index is 451. The SMILES string of the molecule is CC(C)CN(CC(=O)O)C(=O)c1cncc(Cl)n1. The second kappa shape index (κ2) is 6.30. The van der Waals surface area contributed by atoms with E-state index in [9.17, 15) is 9.59 Å². The predicted octanol–water partition coefficient (Wildman–Crippen LogP) is 1.31. The van der Waals surface area contributed by atoms with Crippen molar-refractivity contribution in [3.05, 3.63) is 23.2 Å². The molecular formula is C11H14ClN3O3. The molecule has 0 aliphatic rings. The summed E-state index contributed by atoms with van der Waals surface area (Å²) in [6.45, 7) is 3.75. The van der Waals surface area contributed by atoms with Crippen LogP contribution in [0.15, 0.2) is 12.4 Å². The Labute approximate surface area is 110 Å². The maximum absolute atomic E-state index is 12.1. The molecule has 6 nitrogen and oxygen atoms in total. The van der Waals surface area contributed by atoms with Crippen molar-refractivity contribution in [1.29, 1.82) is 0 Å². The number of amides is 1. The van der Waals surface area contributed by atoms with Crippen LogP contribution in [0.25, 0.3) is 0 Å². The van der Waals surface area contributed by atoms with Gasteiger partial charge in [-0.1, -0.05) is 25.4 Å². The molecule has 7 heteroatoms. The molecule has 0 saturated carbocycles. The Kier molecular flexibility index (Phi) is 5.03. The van der Waals surface area contributed by atoms with Gasteiger partial charge in [-0.3, -0.25) is 14.6 Å². The average molecular weight is 272 g/mol. The molecular weight excluding hydrogens is 258 g/mol. The smallest absolute Gasteiger partial charge is 0.323 e. The number of halogens is 1. The quantitative estimate of drug-likeness (QED) is 0.873. The second-order valence-corrected chi connectivity index (χ2v) is 4.59. The normalized spacial score (nSPS) is 10.4. The minimum atomic E-state index is -1.07. The average Bonchev–Trinajstić information content (AvgIpc) is 2.26. The van der Waals surface area contributed by atoms with Gasteiger partial charge in [-0.2, -0.15) is 0 Å². The minimum absolute atomic E-state index is 0.0457. The Morgan fingerprint density at radius 2 is 2.11 bits per heavy atom. The summed E-state index contributed by atoms with van der Waals surface area (Å²) in [5.74, 6) is -1.40. The standard InChI is InChI=1S/C11H14ClN3O3/c1-7(2)5-15(6-10(16)17)11(18)8-3-13-4-9(12)14-8/h3-4,7H,5-6H2,1-2H3,(H,16,17). The topological polar surface area (TPSA) is 83.4 Å². The highest BCUT2D eigenvalue weighted by atomic mass is 35.5. The molecule has 1 rings (SSSR count). The van der Waals surface area contributed by atoms with Crippen LogP contribution in [0.4, 0.5) is 0 Å². The van der Waals surface area contributed by atoms with Crippen molar-refractivity contribution in [2.75, 3.05) is 13.1 Å². The molecule has 0 fully saturated rings. The predicted molar refractivity (Wildman–Crippen MR) is 65.4 cm³/mol. The lowest BCUT2D eigenvalue weighted by atomic mass is 10.2. The Hall–Kier alpha value is -1.69. The van der Waals surface area contributed by atoms with Crippen LogP contribution in [-0.2, 0) is 4.79 Å². The van der Waals surface area contributed by atoms with E-state index >= 15 is 0 Å². The van der Waals surface area contributed by atoms with Crippen molar-refractivity contribution < 1.29 is 14.7 Å². The van der Waals surface area contributed by atoms with E-state index in [1.165, 1.54) is 17.3 Å². The number of rotatable bonds is 5. The maximum atomic E-state index is 12.1. The number of aliphatic carboxylic acids is 1. The van der Waals surface area contributed by atoms with Crippen molar-refractivity contribution in [2.24, 2.45) is 5.92 Å². The fraction of sp³-hybridized carbons (Fsp3) is 0.455. The van der Waals surface area contributed by atoms with Crippen LogP contribution in [0.2, 0.25) is 5.15 Å². The lowest BCUT2D eigenvalue weighted by Crippen LogP contribution is -2.38. The van der Waals surface area contributed by atoms with Crippen LogP contribution in [0.3, 0.4) is 0 Å². The summed E-state index contributed by atoms with van der Waals surface area (Å²) in [4.78, 5) is 31.6. The monoisotopic (exact) mass is 271 g/mol. The number of carbonyl (C=O) groups excluding carboxylic acids is 1. The number of nitrogens with zero attached hydrogens (tertiary/aromatic N) is 3. The van der Waals surface area contributed by atoms with Gasteiger partial charge in [0, 0.05) is 6.54 Å². The molecule has 1 aromatic heterocycles. The molecule has 0 radical (unpaired) electrons. The lowest BCUT2D eigenvalue weighted by molar-refractivity contribution is -0.137. The summed E-state index contributed by atoms with van der Waals surface area (Å²) < 4.78 is 0. The van der Waals surface area contributed by atoms with Gasteiger partial charge in [0.1, 0.15) is 17.4 Å². The van der Waals surface area contributed by atoms with E-state index in [0.29, 0.717) is 6.54 Å². The number of aromatic nitrogens is 2. The molecule has 1 heterocycles. The van der Waals surface area contributed by atoms with Gasteiger partial charge in [-0.05, 0) is 5.92 Å². The van der Waals surface area contributed by atoms with Gasteiger partial charge in [-0.15, -0.1) is 0 Å². The summed E-state index contributed by atoms with van der Waals surface area (Å²) >= 11 is 5.64. The van der Waals surface area contributed by atoms with Gasteiger partial charge in [-0.25, -0.2) is 4.98 Å². The lowest BCUT2D eigenvalue weighted by Gasteiger charge is -2.22. The molecule has 0 aliphatic heterocycles. The molecule has 1 aromatic rings. The number of carbonyl (C=O) groups is 2. The zero-order valence-electron chi connectivity index (χ0n) is 10.1.